The normalized spacial score (nSPS) is 10.1. The largest absolute Gasteiger partial charge is 0.457 e. The lowest BCUT2D eigenvalue weighted by molar-refractivity contribution is 0.0957. The molecule has 1 aromatic heterocycles. The van der Waals surface area contributed by atoms with Crippen molar-refractivity contribution >= 4 is 17.7 Å². The predicted molar refractivity (Wildman–Crippen MR) is 109 cm³/mol. The number of anilines is 1. The van der Waals surface area contributed by atoms with E-state index in [2.05, 4.69) is 15.6 Å². The van der Waals surface area contributed by atoms with E-state index in [1.807, 2.05) is 30.3 Å². The smallest absolute Gasteiger partial charge is 0.411 e. The molecule has 0 bridgehead atoms. The van der Waals surface area contributed by atoms with E-state index >= 15 is 0 Å². The molecule has 0 radical (unpaired) electrons. The van der Waals surface area contributed by atoms with Crippen LogP contribution in [0.5, 0.6) is 11.5 Å². The van der Waals surface area contributed by atoms with Crippen LogP contribution >= 0.6 is 0 Å². The van der Waals surface area contributed by atoms with Crippen molar-refractivity contribution in [2.75, 3.05) is 19.0 Å². The second-order valence-electron chi connectivity index (χ2n) is 6.08. The number of nitrogens with zero attached hydrogens (tertiary/aromatic N) is 1. The first-order valence-electron chi connectivity index (χ1n) is 9.08. The summed E-state index contributed by atoms with van der Waals surface area (Å²) in [5.41, 5.74) is 1.96. The molecule has 0 atom stereocenters. The van der Waals surface area contributed by atoms with Crippen LogP contribution in [0, 0.1) is 0 Å². The number of nitrogens with one attached hydrogen (secondary N) is 2. The van der Waals surface area contributed by atoms with Crippen molar-refractivity contribution in [2.24, 2.45) is 0 Å². The maximum atomic E-state index is 11.9. The molecule has 1 heterocycles. The van der Waals surface area contributed by atoms with Crippen LogP contribution in [0.2, 0.25) is 0 Å². The zero-order chi connectivity index (χ0) is 20.5. The van der Waals surface area contributed by atoms with Crippen LogP contribution in [0.3, 0.4) is 0 Å². The van der Waals surface area contributed by atoms with Gasteiger partial charge in [0.05, 0.1) is 6.61 Å². The number of carbonyl (C=O) groups is 2. The van der Waals surface area contributed by atoms with Gasteiger partial charge in [-0.25, -0.2) is 4.79 Å². The molecule has 0 aliphatic rings. The SMILES string of the molecule is CNC(=O)c1cc(Oc2ccc(NC(=O)OCCc3ccccc3)cc2)ccn1. The zero-order valence-corrected chi connectivity index (χ0v) is 15.9. The first-order chi connectivity index (χ1) is 14.1. The number of amides is 2. The molecule has 0 aliphatic heterocycles. The average Bonchev–Trinajstić information content (AvgIpc) is 2.75. The lowest BCUT2D eigenvalue weighted by atomic mass is 10.2. The van der Waals surface area contributed by atoms with Crippen molar-refractivity contribution in [1.29, 1.82) is 0 Å². The molecule has 0 aliphatic carbocycles. The molecular formula is C22H21N3O4. The number of hydrogen-bond donors (Lipinski definition) is 2. The van der Waals surface area contributed by atoms with Crippen LogP contribution in [0.25, 0.3) is 0 Å². The highest BCUT2D eigenvalue weighted by atomic mass is 16.5. The van der Waals surface area contributed by atoms with E-state index in [1.165, 1.54) is 13.2 Å². The van der Waals surface area contributed by atoms with Gasteiger partial charge < -0.3 is 14.8 Å². The third-order valence-corrected chi connectivity index (χ3v) is 3.99. The number of aromatic nitrogens is 1. The van der Waals surface area contributed by atoms with Crippen LogP contribution in [0.15, 0.2) is 72.9 Å². The van der Waals surface area contributed by atoms with Gasteiger partial charge in [-0.1, -0.05) is 30.3 Å². The van der Waals surface area contributed by atoms with Crippen LogP contribution in [0.1, 0.15) is 16.1 Å². The quantitative estimate of drug-likeness (QED) is 0.635. The number of hydrogen-bond acceptors (Lipinski definition) is 5. The Balaban J connectivity index is 1.49. The maximum Gasteiger partial charge on any atom is 0.411 e. The fraction of sp³-hybridized carbons (Fsp3) is 0.136. The Morgan fingerprint density at radius 1 is 0.966 bits per heavy atom. The van der Waals surface area contributed by atoms with E-state index in [9.17, 15) is 9.59 Å². The van der Waals surface area contributed by atoms with Gasteiger partial charge in [-0.15, -0.1) is 0 Å². The minimum atomic E-state index is -0.515. The van der Waals surface area contributed by atoms with E-state index in [4.69, 9.17) is 9.47 Å². The number of carbonyl (C=O) groups excluding carboxylic acids is 2. The van der Waals surface area contributed by atoms with Crippen molar-refractivity contribution in [3.05, 3.63) is 84.2 Å². The fourth-order valence-corrected chi connectivity index (χ4v) is 2.53. The highest BCUT2D eigenvalue weighted by Crippen LogP contribution is 2.23. The van der Waals surface area contributed by atoms with Crippen molar-refractivity contribution in [3.8, 4) is 11.5 Å². The Morgan fingerprint density at radius 3 is 2.45 bits per heavy atom. The van der Waals surface area contributed by atoms with Crippen LogP contribution in [-0.4, -0.2) is 30.6 Å². The molecule has 0 saturated heterocycles. The maximum absolute atomic E-state index is 11.9. The van der Waals surface area contributed by atoms with Gasteiger partial charge in [-0.2, -0.15) is 0 Å². The Kier molecular flexibility index (Phi) is 6.78. The lowest BCUT2D eigenvalue weighted by Crippen LogP contribution is -2.18. The number of benzene rings is 2. The minimum Gasteiger partial charge on any atom is -0.457 e. The first kappa shape index (κ1) is 19.9. The van der Waals surface area contributed by atoms with E-state index in [1.54, 1.807) is 36.4 Å². The molecule has 148 valence electrons. The molecule has 29 heavy (non-hydrogen) atoms. The van der Waals surface area contributed by atoms with Gasteiger partial charge in [0.2, 0.25) is 0 Å². The molecule has 3 aromatic rings. The van der Waals surface area contributed by atoms with Gasteiger partial charge in [-0.3, -0.25) is 15.1 Å². The molecule has 2 amide bonds. The fourth-order valence-electron chi connectivity index (χ4n) is 2.53. The zero-order valence-electron chi connectivity index (χ0n) is 15.9. The standard InChI is InChI=1S/C22H21N3O4/c1-23-21(26)20-15-19(11-13-24-20)29-18-9-7-17(8-10-18)25-22(27)28-14-12-16-5-3-2-4-6-16/h2-11,13,15H,12,14H2,1H3,(H,23,26)(H,25,27). The van der Waals surface area contributed by atoms with Gasteiger partial charge in [-0.05, 0) is 35.9 Å². The molecule has 0 unspecified atom stereocenters. The summed E-state index contributed by atoms with van der Waals surface area (Å²) >= 11 is 0. The molecule has 3 rings (SSSR count). The number of rotatable bonds is 7. The number of pyridine rings is 1. The summed E-state index contributed by atoms with van der Waals surface area (Å²) in [6.07, 6.45) is 1.64. The lowest BCUT2D eigenvalue weighted by Gasteiger charge is -2.09. The molecular weight excluding hydrogens is 370 g/mol. The highest BCUT2D eigenvalue weighted by molar-refractivity contribution is 5.92. The highest BCUT2D eigenvalue weighted by Gasteiger charge is 2.07. The van der Waals surface area contributed by atoms with E-state index in [0.29, 0.717) is 30.2 Å². The topological polar surface area (TPSA) is 89.6 Å². The third-order valence-electron chi connectivity index (χ3n) is 3.99. The van der Waals surface area contributed by atoms with Crippen LogP contribution in [-0.2, 0) is 11.2 Å². The Labute approximate surface area is 168 Å². The summed E-state index contributed by atoms with van der Waals surface area (Å²) in [7, 11) is 1.54. The van der Waals surface area contributed by atoms with E-state index < -0.39 is 6.09 Å². The summed E-state index contributed by atoms with van der Waals surface area (Å²) in [5, 5.41) is 5.18. The summed E-state index contributed by atoms with van der Waals surface area (Å²) < 4.78 is 10.9. The van der Waals surface area contributed by atoms with Gasteiger partial charge in [0, 0.05) is 31.4 Å². The van der Waals surface area contributed by atoms with E-state index in [-0.39, 0.29) is 11.6 Å². The average molecular weight is 391 g/mol. The van der Waals surface area contributed by atoms with Gasteiger partial charge in [0.15, 0.2) is 0 Å². The van der Waals surface area contributed by atoms with Crippen molar-refractivity contribution in [3.63, 3.8) is 0 Å². The second kappa shape index (κ2) is 9.89. The molecule has 0 fully saturated rings. The molecule has 2 aromatic carbocycles. The summed E-state index contributed by atoms with van der Waals surface area (Å²) in [4.78, 5) is 27.5. The van der Waals surface area contributed by atoms with Gasteiger partial charge >= 0.3 is 6.09 Å². The summed E-state index contributed by atoms with van der Waals surface area (Å²) in [6.45, 7) is 0.298. The molecule has 7 nitrogen and oxygen atoms in total. The first-order valence-corrected chi connectivity index (χ1v) is 9.08. The van der Waals surface area contributed by atoms with Crippen LogP contribution in [0.4, 0.5) is 10.5 Å². The Hall–Kier alpha value is -3.87. The monoisotopic (exact) mass is 391 g/mol. The molecule has 2 N–H and O–H groups in total. The molecule has 7 heteroatoms. The second-order valence-corrected chi connectivity index (χ2v) is 6.08. The Bertz CT molecular complexity index is 959. The van der Waals surface area contributed by atoms with Gasteiger partial charge in [0.25, 0.3) is 5.91 Å². The molecule has 0 saturated carbocycles. The summed E-state index contributed by atoms with van der Waals surface area (Å²) in [6, 6.07) is 19.8. The van der Waals surface area contributed by atoms with Crippen LogP contribution < -0.4 is 15.4 Å². The Morgan fingerprint density at radius 2 is 1.72 bits per heavy atom. The van der Waals surface area contributed by atoms with Gasteiger partial charge in [0.1, 0.15) is 17.2 Å². The van der Waals surface area contributed by atoms with Crippen molar-refractivity contribution in [1.82, 2.24) is 10.3 Å². The van der Waals surface area contributed by atoms with Crippen molar-refractivity contribution in [2.45, 2.75) is 6.42 Å². The minimum absolute atomic E-state index is 0.265. The van der Waals surface area contributed by atoms with E-state index in [0.717, 1.165) is 5.56 Å². The van der Waals surface area contributed by atoms with Crippen molar-refractivity contribution < 1.29 is 19.1 Å². The third kappa shape index (κ3) is 6.07. The number of ether oxygens (including phenoxy) is 2. The predicted octanol–water partition coefficient (Wildman–Crippen LogP) is 4.02. The summed E-state index contributed by atoms with van der Waals surface area (Å²) in [5.74, 6) is 0.752. The molecule has 0 spiro atoms.